The van der Waals surface area contributed by atoms with Gasteiger partial charge in [-0.05, 0) is 25.3 Å². The van der Waals surface area contributed by atoms with Crippen LogP contribution >= 0.6 is 0 Å². The van der Waals surface area contributed by atoms with Crippen molar-refractivity contribution < 1.29 is 8.42 Å². The van der Waals surface area contributed by atoms with Gasteiger partial charge in [0.05, 0.1) is 23.0 Å². The third kappa shape index (κ3) is 3.35. The summed E-state index contributed by atoms with van der Waals surface area (Å²) in [4.78, 5) is 6.60. The molecule has 126 valence electrons. The number of sulfonamides is 1. The summed E-state index contributed by atoms with van der Waals surface area (Å²) in [6, 6.07) is 8.17. The maximum Gasteiger partial charge on any atom is 0.208 e. The van der Waals surface area contributed by atoms with Crippen molar-refractivity contribution in [2.24, 2.45) is 0 Å². The molecule has 0 bridgehead atoms. The van der Waals surface area contributed by atoms with Gasteiger partial charge in [-0.25, -0.2) is 13.1 Å². The maximum absolute atomic E-state index is 11.4. The molecule has 7 heteroatoms. The van der Waals surface area contributed by atoms with Gasteiger partial charge in [-0.2, -0.15) is 5.26 Å². The van der Waals surface area contributed by atoms with E-state index in [1.807, 2.05) is 25.1 Å². The van der Waals surface area contributed by atoms with Gasteiger partial charge < -0.3 is 4.90 Å². The Labute approximate surface area is 142 Å². The molecule has 24 heavy (non-hydrogen) atoms. The van der Waals surface area contributed by atoms with E-state index in [4.69, 9.17) is 0 Å². The van der Waals surface area contributed by atoms with E-state index in [-0.39, 0.29) is 6.04 Å². The predicted octanol–water partition coefficient (Wildman–Crippen LogP) is 1.93. The second-order valence-corrected chi connectivity index (χ2v) is 8.03. The molecule has 3 rings (SSSR count). The minimum absolute atomic E-state index is 0.0448. The fourth-order valence-electron chi connectivity index (χ4n) is 3.30. The summed E-state index contributed by atoms with van der Waals surface area (Å²) in [6.45, 7) is 3.41. The number of rotatable bonds is 3. The zero-order valence-electron chi connectivity index (χ0n) is 13.8. The number of aryl methyl sites for hydroxylation is 1. The standard InChI is InChI=1S/C17H20N4O2S/c1-12-4-3-5-15-16(12)19-11-13(10-18)17(15)21-8-6-14(7-9-21)20-24(2,22)23/h3-5,11,14,20H,6-9H2,1-2H3. The Hall–Kier alpha value is -2.17. The molecule has 0 aliphatic carbocycles. The summed E-state index contributed by atoms with van der Waals surface area (Å²) in [5, 5.41) is 10.4. The number of hydrogen-bond acceptors (Lipinski definition) is 5. The number of para-hydroxylation sites is 1. The Morgan fingerprint density at radius 3 is 2.67 bits per heavy atom. The van der Waals surface area contributed by atoms with Crippen LogP contribution in [0.1, 0.15) is 24.0 Å². The first-order chi connectivity index (χ1) is 11.4. The molecule has 1 aromatic carbocycles. The van der Waals surface area contributed by atoms with E-state index in [0.29, 0.717) is 31.5 Å². The topological polar surface area (TPSA) is 86.1 Å². The molecule has 0 amide bonds. The lowest BCUT2D eigenvalue weighted by atomic mass is 10.0. The fraction of sp³-hybridized carbons (Fsp3) is 0.412. The van der Waals surface area contributed by atoms with Crippen LogP contribution in [0, 0.1) is 18.3 Å². The molecule has 0 spiro atoms. The van der Waals surface area contributed by atoms with Gasteiger partial charge in [-0.15, -0.1) is 0 Å². The maximum atomic E-state index is 11.4. The highest BCUT2D eigenvalue weighted by molar-refractivity contribution is 7.88. The highest BCUT2D eigenvalue weighted by Crippen LogP contribution is 2.32. The second-order valence-electron chi connectivity index (χ2n) is 6.25. The van der Waals surface area contributed by atoms with Crippen molar-refractivity contribution in [3.8, 4) is 6.07 Å². The van der Waals surface area contributed by atoms with Gasteiger partial charge in [0.1, 0.15) is 6.07 Å². The first-order valence-electron chi connectivity index (χ1n) is 7.90. The normalized spacial score (nSPS) is 16.3. The molecule has 1 saturated heterocycles. The smallest absolute Gasteiger partial charge is 0.208 e. The van der Waals surface area contributed by atoms with Gasteiger partial charge >= 0.3 is 0 Å². The Morgan fingerprint density at radius 2 is 2.04 bits per heavy atom. The number of anilines is 1. The number of hydrogen-bond donors (Lipinski definition) is 1. The lowest BCUT2D eigenvalue weighted by Gasteiger charge is -2.34. The van der Waals surface area contributed by atoms with Gasteiger partial charge in [0.15, 0.2) is 0 Å². The number of fused-ring (bicyclic) bond motifs is 1. The van der Waals surface area contributed by atoms with Crippen LogP contribution in [-0.4, -0.2) is 38.8 Å². The second kappa shape index (κ2) is 6.38. The number of nitrogens with zero attached hydrogens (tertiary/aromatic N) is 3. The molecule has 0 atom stereocenters. The van der Waals surface area contributed by atoms with Crippen molar-refractivity contribution in [3.63, 3.8) is 0 Å². The molecule has 6 nitrogen and oxygen atoms in total. The van der Waals surface area contributed by atoms with E-state index >= 15 is 0 Å². The van der Waals surface area contributed by atoms with E-state index < -0.39 is 10.0 Å². The molecular formula is C17H20N4O2S. The number of aromatic nitrogens is 1. The molecule has 0 saturated carbocycles. The molecule has 0 unspecified atom stereocenters. The van der Waals surface area contributed by atoms with Crippen molar-refractivity contribution >= 4 is 26.6 Å². The van der Waals surface area contributed by atoms with Crippen LogP contribution in [0.15, 0.2) is 24.4 Å². The molecular weight excluding hydrogens is 324 g/mol. The lowest BCUT2D eigenvalue weighted by molar-refractivity contribution is 0.462. The van der Waals surface area contributed by atoms with Crippen LogP contribution in [0.5, 0.6) is 0 Å². The van der Waals surface area contributed by atoms with Crippen LogP contribution in [-0.2, 0) is 10.0 Å². The predicted molar refractivity (Wildman–Crippen MR) is 94.4 cm³/mol. The van der Waals surface area contributed by atoms with E-state index in [1.165, 1.54) is 6.26 Å². The van der Waals surface area contributed by atoms with Crippen LogP contribution < -0.4 is 9.62 Å². The van der Waals surface area contributed by atoms with E-state index in [1.54, 1.807) is 6.20 Å². The van der Waals surface area contributed by atoms with Crippen molar-refractivity contribution in [3.05, 3.63) is 35.5 Å². The van der Waals surface area contributed by atoms with Gasteiger partial charge in [0.2, 0.25) is 10.0 Å². The summed E-state index contributed by atoms with van der Waals surface area (Å²) in [5.74, 6) is 0. The molecule has 2 aromatic rings. The van der Waals surface area contributed by atoms with Crippen LogP contribution in [0.4, 0.5) is 5.69 Å². The zero-order valence-corrected chi connectivity index (χ0v) is 14.6. The number of piperidine rings is 1. The van der Waals surface area contributed by atoms with Crippen LogP contribution in [0.2, 0.25) is 0 Å². The number of pyridine rings is 1. The zero-order chi connectivity index (χ0) is 17.3. The highest BCUT2D eigenvalue weighted by atomic mass is 32.2. The SMILES string of the molecule is Cc1cccc2c(N3CCC(NS(C)(=O)=O)CC3)c(C#N)cnc12. The Balaban J connectivity index is 1.93. The average Bonchev–Trinajstić information content (AvgIpc) is 2.53. The summed E-state index contributed by atoms with van der Waals surface area (Å²) in [6.07, 6.45) is 4.25. The van der Waals surface area contributed by atoms with Crippen LogP contribution in [0.3, 0.4) is 0 Å². The summed E-state index contributed by atoms with van der Waals surface area (Å²) < 4.78 is 25.4. The third-order valence-corrected chi connectivity index (χ3v) is 5.14. The third-order valence-electron chi connectivity index (χ3n) is 4.38. The van der Waals surface area contributed by atoms with Crippen molar-refractivity contribution in [2.45, 2.75) is 25.8 Å². The first kappa shape index (κ1) is 16.7. The molecule has 2 heterocycles. The Kier molecular flexibility index (Phi) is 4.43. The average molecular weight is 344 g/mol. The molecule has 1 fully saturated rings. The fourth-order valence-corrected chi connectivity index (χ4v) is 4.14. The van der Waals surface area contributed by atoms with E-state index in [2.05, 4.69) is 20.7 Å². The summed E-state index contributed by atoms with van der Waals surface area (Å²) in [7, 11) is -3.19. The highest BCUT2D eigenvalue weighted by Gasteiger charge is 2.24. The molecule has 1 aromatic heterocycles. The van der Waals surface area contributed by atoms with Gasteiger partial charge in [0, 0.05) is 30.7 Å². The molecule has 1 aliphatic rings. The molecule has 1 N–H and O–H groups in total. The minimum Gasteiger partial charge on any atom is -0.370 e. The van der Waals surface area contributed by atoms with E-state index in [0.717, 1.165) is 22.2 Å². The van der Waals surface area contributed by atoms with Gasteiger partial charge in [-0.3, -0.25) is 4.98 Å². The number of nitrogens with one attached hydrogen (secondary N) is 1. The minimum atomic E-state index is -3.19. The van der Waals surface area contributed by atoms with Gasteiger partial charge in [-0.1, -0.05) is 18.2 Å². The Morgan fingerprint density at radius 1 is 1.33 bits per heavy atom. The molecule has 0 radical (unpaired) electrons. The van der Waals surface area contributed by atoms with Crippen molar-refractivity contribution in [1.82, 2.24) is 9.71 Å². The van der Waals surface area contributed by atoms with Crippen LogP contribution in [0.25, 0.3) is 10.9 Å². The Bertz CT molecular complexity index is 910. The molecule has 1 aliphatic heterocycles. The van der Waals surface area contributed by atoms with Crippen molar-refractivity contribution in [2.75, 3.05) is 24.2 Å². The monoisotopic (exact) mass is 344 g/mol. The first-order valence-corrected chi connectivity index (χ1v) is 9.79. The lowest BCUT2D eigenvalue weighted by Crippen LogP contribution is -2.44. The summed E-state index contributed by atoms with van der Waals surface area (Å²) in [5.41, 5.74) is 3.45. The number of nitriles is 1. The van der Waals surface area contributed by atoms with Crippen molar-refractivity contribution in [1.29, 1.82) is 5.26 Å². The largest absolute Gasteiger partial charge is 0.370 e. The number of benzene rings is 1. The van der Waals surface area contributed by atoms with Gasteiger partial charge in [0.25, 0.3) is 0 Å². The quantitative estimate of drug-likeness (QED) is 0.919. The van der Waals surface area contributed by atoms with E-state index in [9.17, 15) is 13.7 Å². The summed E-state index contributed by atoms with van der Waals surface area (Å²) >= 11 is 0.